The molecule has 1 heterocycles. The highest BCUT2D eigenvalue weighted by Gasteiger charge is 2.13. The van der Waals surface area contributed by atoms with Crippen molar-refractivity contribution in [2.45, 2.75) is 0 Å². The van der Waals surface area contributed by atoms with E-state index in [1.54, 1.807) is 16.8 Å². The molecule has 20 heavy (non-hydrogen) atoms. The Morgan fingerprint density at radius 3 is 2.60 bits per heavy atom. The zero-order chi connectivity index (χ0) is 13.9. The molecule has 98 valence electrons. The van der Waals surface area contributed by atoms with Crippen molar-refractivity contribution in [3.05, 3.63) is 64.7 Å². The molecule has 0 radical (unpaired) electrons. The van der Waals surface area contributed by atoms with Crippen molar-refractivity contribution in [2.75, 3.05) is 0 Å². The summed E-state index contributed by atoms with van der Waals surface area (Å²) >= 11 is 0. The first-order valence-corrected chi connectivity index (χ1v) is 5.84. The zero-order valence-corrected chi connectivity index (χ0v) is 10.2. The minimum absolute atomic E-state index is 0.00473. The SMILES string of the molecule is O=[N+]([O-])c1cccc(-c2nnnn2-c2ccccc2)c1. The van der Waals surface area contributed by atoms with Crippen LogP contribution in [0, 0.1) is 10.1 Å². The number of para-hydroxylation sites is 1. The molecule has 0 saturated carbocycles. The molecule has 0 amide bonds. The van der Waals surface area contributed by atoms with Gasteiger partial charge in [0, 0.05) is 17.7 Å². The molecule has 0 atom stereocenters. The molecule has 0 aliphatic carbocycles. The number of rotatable bonds is 3. The first-order chi connectivity index (χ1) is 9.75. The number of nitro benzene ring substituents is 1. The van der Waals surface area contributed by atoms with Crippen molar-refractivity contribution in [1.82, 2.24) is 20.2 Å². The van der Waals surface area contributed by atoms with Gasteiger partial charge in [-0.1, -0.05) is 30.3 Å². The second kappa shape index (κ2) is 4.88. The fourth-order valence-electron chi connectivity index (χ4n) is 1.87. The summed E-state index contributed by atoms with van der Waals surface area (Å²) in [6.45, 7) is 0. The van der Waals surface area contributed by atoms with E-state index in [-0.39, 0.29) is 5.69 Å². The van der Waals surface area contributed by atoms with Crippen LogP contribution in [0.25, 0.3) is 17.1 Å². The maximum Gasteiger partial charge on any atom is 0.270 e. The molecule has 0 spiro atoms. The lowest BCUT2D eigenvalue weighted by Gasteiger charge is -2.04. The van der Waals surface area contributed by atoms with Crippen LogP contribution >= 0.6 is 0 Å². The molecule has 2 aromatic carbocycles. The number of non-ortho nitro benzene ring substituents is 1. The Morgan fingerprint density at radius 2 is 1.85 bits per heavy atom. The van der Waals surface area contributed by atoms with Crippen LogP contribution in [-0.4, -0.2) is 25.1 Å². The number of nitrogens with zero attached hydrogens (tertiary/aromatic N) is 5. The monoisotopic (exact) mass is 267 g/mol. The second-order valence-corrected chi connectivity index (χ2v) is 4.06. The van der Waals surface area contributed by atoms with Crippen LogP contribution in [0.4, 0.5) is 5.69 Å². The van der Waals surface area contributed by atoms with Gasteiger partial charge in [-0.05, 0) is 22.6 Å². The lowest BCUT2D eigenvalue weighted by Crippen LogP contribution is -1.99. The van der Waals surface area contributed by atoms with Crippen LogP contribution in [-0.2, 0) is 0 Å². The number of hydrogen-bond acceptors (Lipinski definition) is 5. The number of benzene rings is 2. The van der Waals surface area contributed by atoms with Gasteiger partial charge in [0.05, 0.1) is 10.6 Å². The summed E-state index contributed by atoms with van der Waals surface area (Å²) in [4.78, 5) is 10.4. The molecule has 7 heteroatoms. The molecule has 3 aromatic rings. The van der Waals surface area contributed by atoms with Gasteiger partial charge < -0.3 is 0 Å². The van der Waals surface area contributed by atoms with Crippen LogP contribution in [0.15, 0.2) is 54.6 Å². The van der Waals surface area contributed by atoms with Gasteiger partial charge >= 0.3 is 0 Å². The Hall–Kier alpha value is -3.09. The molecule has 3 rings (SSSR count). The average molecular weight is 267 g/mol. The van der Waals surface area contributed by atoms with Crippen LogP contribution in [0.2, 0.25) is 0 Å². The van der Waals surface area contributed by atoms with Crippen LogP contribution in [0.3, 0.4) is 0 Å². The molecule has 0 aliphatic heterocycles. The van der Waals surface area contributed by atoms with E-state index >= 15 is 0 Å². The van der Waals surface area contributed by atoms with E-state index < -0.39 is 4.92 Å². The van der Waals surface area contributed by atoms with Gasteiger partial charge in [-0.2, -0.15) is 4.68 Å². The Kier molecular flexibility index (Phi) is 2.92. The van der Waals surface area contributed by atoms with E-state index in [2.05, 4.69) is 15.5 Å². The van der Waals surface area contributed by atoms with Gasteiger partial charge in [-0.25, -0.2) is 0 Å². The van der Waals surface area contributed by atoms with Crippen molar-refractivity contribution in [3.8, 4) is 17.1 Å². The normalized spacial score (nSPS) is 10.4. The summed E-state index contributed by atoms with van der Waals surface area (Å²) in [5, 5.41) is 22.3. The van der Waals surface area contributed by atoms with Crippen molar-refractivity contribution < 1.29 is 4.92 Å². The third kappa shape index (κ3) is 2.12. The number of tetrazole rings is 1. The molecule has 0 N–H and O–H groups in total. The lowest BCUT2D eigenvalue weighted by atomic mass is 10.2. The van der Waals surface area contributed by atoms with E-state index in [9.17, 15) is 10.1 Å². The summed E-state index contributed by atoms with van der Waals surface area (Å²) in [5.74, 6) is 0.458. The quantitative estimate of drug-likeness (QED) is 0.536. The number of aromatic nitrogens is 4. The van der Waals surface area contributed by atoms with Crippen LogP contribution < -0.4 is 0 Å². The van der Waals surface area contributed by atoms with Crippen LogP contribution in [0.5, 0.6) is 0 Å². The molecular weight excluding hydrogens is 258 g/mol. The van der Waals surface area contributed by atoms with E-state index in [1.807, 2.05) is 30.3 Å². The number of hydrogen-bond donors (Lipinski definition) is 0. The summed E-state index contributed by atoms with van der Waals surface area (Å²) in [5.41, 5.74) is 1.39. The summed E-state index contributed by atoms with van der Waals surface area (Å²) in [6.07, 6.45) is 0. The zero-order valence-electron chi connectivity index (χ0n) is 10.2. The first kappa shape index (κ1) is 12.0. The molecule has 0 bridgehead atoms. The molecule has 0 aliphatic rings. The Morgan fingerprint density at radius 1 is 1.05 bits per heavy atom. The second-order valence-electron chi connectivity index (χ2n) is 4.06. The lowest BCUT2D eigenvalue weighted by molar-refractivity contribution is -0.384. The molecular formula is C13H9N5O2. The van der Waals surface area contributed by atoms with E-state index in [1.165, 1.54) is 12.1 Å². The molecule has 0 unspecified atom stereocenters. The number of nitro groups is 1. The molecule has 7 nitrogen and oxygen atoms in total. The maximum absolute atomic E-state index is 10.8. The molecule has 0 saturated heterocycles. The highest BCUT2D eigenvalue weighted by molar-refractivity contribution is 5.60. The fourth-order valence-corrected chi connectivity index (χ4v) is 1.87. The van der Waals surface area contributed by atoms with Gasteiger partial charge in [-0.3, -0.25) is 10.1 Å². The molecule has 0 fully saturated rings. The van der Waals surface area contributed by atoms with E-state index in [4.69, 9.17) is 0 Å². The summed E-state index contributed by atoms with van der Waals surface area (Å²) in [6, 6.07) is 15.6. The highest BCUT2D eigenvalue weighted by atomic mass is 16.6. The summed E-state index contributed by atoms with van der Waals surface area (Å²) < 4.78 is 1.54. The minimum Gasteiger partial charge on any atom is -0.258 e. The topological polar surface area (TPSA) is 86.7 Å². The largest absolute Gasteiger partial charge is 0.270 e. The summed E-state index contributed by atoms with van der Waals surface area (Å²) in [7, 11) is 0. The maximum atomic E-state index is 10.8. The van der Waals surface area contributed by atoms with Gasteiger partial charge in [0.25, 0.3) is 5.69 Å². The fraction of sp³-hybridized carbons (Fsp3) is 0. The van der Waals surface area contributed by atoms with Gasteiger partial charge in [0.2, 0.25) is 0 Å². The van der Waals surface area contributed by atoms with Crippen molar-refractivity contribution >= 4 is 5.69 Å². The Labute approximate surface area is 113 Å². The molecule has 1 aromatic heterocycles. The highest BCUT2D eigenvalue weighted by Crippen LogP contribution is 2.23. The Bertz CT molecular complexity index is 754. The van der Waals surface area contributed by atoms with E-state index in [0.29, 0.717) is 11.4 Å². The third-order valence-electron chi connectivity index (χ3n) is 2.79. The van der Waals surface area contributed by atoms with Crippen LogP contribution in [0.1, 0.15) is 0 Å². The average Bonchev–Trinajstić information content (AvgIpc) is 2.98. The predicted molar refractivity (Wildman–Crippen MR) is 71.2 cm³/mol. The van der Waals surface area contributed by atoms with Gasteiger partial charge in [0.1, 0.15) is 0 Å². The van der Waals surface area contributed by atoms with E-state index in [0.717, 1.165) is 5.69 Å². The van der Waals surface area contributed by atoms with Gasteiger partial charge in [-0.15, -0.1) is 5.10 Å². The van der Waals surface area contributed by atoms with Crippen molar-refractivity contribution in [1.29, 1.82) is 0 Å². The van der Waals surface area contributed by atoms with Gasteiger partial charge in [0.15, 0.2) is 5.82 Å². The first-order valence-electron chi connectivity index (χ1n) is 5.84. The standard InChI is InChI=1S/C13H9N5O2/c19-18(20)12-8-4-5-10(9-12)13-14-15-16-17(13)11-6-2-1-3-7-11/h1-9H. The Balaban J connectivity index is 2.10. The predicted octanol–water partition coefficient (Wildman–Crippen LogP) is 2.24. The third-order valence-corrected chi connectivity index (χ3v) is 2.79. The smallest absolute Gasteiger partial charge is 0.258 e. The van der Waals surface area contributed by atoms with Crippen molar-refractivity contribution in [3.63, 3.8) is 0 Å². The minimum atomic E-state index is -0.444. The van der Waals surface area contributed by atoms with Crippen molar-refractivity contribution in [2.24, 2.45) is 0 Å².